The first-order valence-corrected chi connectivity index (χ1v) is 7.56. The molecule has 0 aliphatic heterocycles. The standard InChI is InChI=1S/C14H24N2S/c1-5-14(6-2,17-4)11-15-10-13-9-7-8-12(3)16-13/h7-9,15H,5-6,10-11H2,1-4H3. The number of hydrogen-bond acceptors (Lipinski definition) is 3. The van der Waals surface area contributed by atoms with Gasteiger partial charge in [0.1, 0.15) is 0 Å². The maximum absolute atomic E-state index is 4.50. The Kier molecular flexibility index (Phi) is 6.00. The van der Waals surface area contributed by atoms with E-state index in [0.29, 0.717) is 4.75 Å². The van der Waals surface area contributed by atoms with Crippen molar-refractivity contribution < 1.29 is 0 Å². The van der Waals surface area contributed by atoms with Gasteiger partial charge in [0.15, 0.2) is 0 Å². The van der Waals surface area contributed by atoms with Crippen LogP contribution in [0.15, 0.2) is 18.2 Å². The smallest absolute Gasteiger partial charge is 0.0544 e. The monoisotopic (exact) mass is 252 g/mol. The van der Waals surface area contributed by atoms with E-state index >= 15 is 0 Å². The quantitative estimate of drug-likeness (QED) is 0.805. The van der Waals surface area contributed by atoms with Gasteiger partial charge in [-0.1, -0.05) is 19.9 Å². The highest BCUT2D eigenvalue weighted by molar-refractivity contribution is 8.00. The van der Waals surface area contributed by atoms with Crippen LogP contribution in [0.25, 0.3) is 0 Å². The molecule has 0 radical (unpaired) electrons. The molecule has 1 aromatic heterocycles. The summed E-state index contributed by atoms with van der Waals surface area (Å²) in [6.45, 7) is 8.49. The van der Waals surface area contributed by atoms with E-state index in [4.69, 9.17) is 0 Å². The van der Waals surface area contributed by atoms with Crippen molar-refractivity contribution in [2.45, 2.75) is 44.9 Å². The summed E-state index contributed by atoms with van der Waals surface area (Å²) in [6.07, 6.45) is 4.62. The third-order valence-electron chi connectivity index (χ3n) is 3.42. The number of rotatable bonds is 7. The molecule has 0 aliphatic carbocycles. The minimum Gasteiger partial charge on any atom is -0.310 e. The fourth-order valence-corrected chi connectivity index (χ4v) is 2.80. The molecule has 0 aromatic carbocycles. The van der Waals surface area contributed by atoms with Gasteiger partial charge in [-0.2, -0.15) is 11.8 Å². The molecule has 3 heteroatoms. The Bertz CT molecular complexity index is 326. The molecule has 17 heavy (non-hydrogen) atoms. The van der Waals surface area contributed by atoms with Crippen molar-refractivity contribution in [3.63, 3.8) is 0 Å². The minimum absolute atomic E-state index is 0.379. The van der Waals surface area contributed by atoms with Crippen molar-refractivity contribution in [1.82, 2.24) is 10.3 Å². The van der Waals surface area contributed by atoms with Crippen molar-refractivity contribution in [2.24, 2.45) is 0 Å². The second-order valence-corrected chi connectivity index (χ2v) is 5.74. The summed E-state index contributed by atoms with van der Waals surface area (Å²) in [5.74, 6) is 0. The van der Waals surface area contributed by atoms with Gasteiger partial charge >= 0.3 is 0 Å². The molecule has 1 rings (SSSR count). The van der Waals surface area contributed by atoms with E-state index in [2.05, 4.69) is 42.5 Å². The molecule has 2 nitrogen and oxygen atoms in total. The number of thioether (sulfide) groups is 1. The maximum atomic E-state index is 4.50. The minimum atomic E-state index is 0.379. The van der Waals surface area contributed by atoms with Gasteiger partial charge in [0.25, 0.3) is 0 Å². The summed E-state index contributed by atoms with van der Waals surface area (Å²) in [7, 11) is 0. The Balaban J connectivity index is 2.46. The number of nitrogens with zero attached hydrogens (tertiary/aromatic N) is 1. The Morgan fingerprint density at radius 2 is 2.00 bits per heavy atom. The zero-order chi connectivity index (χ0) is 12.7. The SMILES string of the molecule is CCC(CC)(CNCc1cccc(C)n1)SC. The first-order chi connectivity index (χ1) is 8.15. The third-order valence-corrected chi connectivity index (χ3v) is 5.01. The summed E-state index contributed by atoms with van der Waals surface area (Å²) >= 11 is 1.97. The first-order valence-electron chi connectivity index (χ1n) is 6.34. The molecule has 0 fully saturated rings. The molecule has 0 atom stereocenters. The summed E-state index contributed by atoms with van der Waals surface area (Å²) < 4.78 is 0.379. The average Bonchev–Trinajstić information content (AvgIpc) is 2.35. The lowest BCUT2D eigenvalue weighted by Crippen LogP contribution is -2.36. The number of nitrogens with one attached hydrogen (secondary N) is 1. The van der Waals surface area contributed by atoms with Crippen LogP contribution >= 0.6 is 11.8 Å². The van der Waals surface area contributed by atoms with Crippen LogP contribution < -0.4 is 5.32 Å². The fraction of sp³-hybridized carbons (Fsp3) is 0.643. The normalized spacial score (nSPS) is 11.8. The Hall–Kier alpha value is -0.540. The fourth-order valence-electron chi connectivity index (χ4n) is 1.98. The van der Waals surface area contributed by atoms with Gasteiger partial charge in [-0.3, -0.25) is 4.98 Å². The van der Waals surface area contributed by atoms with Crippen LogP contribution in [0.3, 0.4) is 0 Å². The van der Waals surface area contributed by atoms with Crippen LogP contribution in [-0.2, 0) is 6.54 Å². The topological polar surface area (TPSA) is 24.9 Å². The van der Waals surface area contributed by atoms with E-state index < -0.39 is 0 Å². The van der Waals surface area contributed by atoms with E-state index in [9.17, 15) is 0 Å². The summed E-state index contributed by atoms with van der Waals surface area (Å²) in [5.41, 5.74) is 2.22. The zero-order valence-electron chi connectivity index (χ0n) is 11.4. The highest BCUT2D eigenvalue weighted by Crippen LogP contribution is 2.29. The van der Waals surface area contributed by atoms with E-state index in [1.165, 1.54) is 12.8 Å². The largest absolute Gasteiger partial charge is 0.310 e. The predicted molar refractivity (Wildman–Crippen MR) is 77.5 cm³/mol. The molecular weight excluding hydrogens is 228 g/mol. The van der Waals surface area contributed by atoms with Gasteiger partial charge in [-0.15, -0.1) is 0 Å². The highest BCUT2D eigenvalue weighted by Gasteiger charge is 2.23. The number of hydrogen-bond donors (Lipinski definition) is 1. The molecule has 0 amide bonds. The lowest BCUT2D eigenvalue weighted by molar-refractivity contribution is 0.492. The molecular formula is C14H24N2S. The molecule has 0 unspecified atom stereocenters. The molecule has 96 valence electrons. The van der Waals surface area contributed by atoms with Gasteiger partial charge in [0.05, 0.1) is 5.69 Å². The highest BCUT2D eigenvalue weighted by atomic mass is 32.2. The number of aromatic nitrogens is 1. The molecule has 0 saturated carbocycles. The average molecular weight is 252 g/mol. The summed E-state index contributed by atoms with van der Waals surface area (Å²) in [6, 6.07) is 6.19. The van der Waals surface area contributed by atoms with Gasteiger partial charge in [0, 0.05) is 23.5 Å². The Morgan fingerprint density at radius 3 is 2.53 bits per heavy atom. The number of pyridine rings is 1. The second-order valence-electron chi connectivity index (χ2n) is 4.47. The van der Waals surface area contributed by atoms with Crippen LogP contribution in [0, 0.1) is 6.92 Å². The molecule has 0 bridgehead atoms. The van der Waals surface area contributed by atoms with Crippen LogP contribution in [0.1, 0.15) is 38.1 Å². The van der Waals surface area contributed by atoms with Crippen molar-refractivity contribution >= 4 is 11.8 Å². The van der Waals surface area contributed by atoms with Gasteiger partial charge in [-0.25, -0.2) is 0 Å². The molecule has 1 heterocycles. The van der Waals surface area contributed by atoms with Crippen molar-refractivity contribution in [1.29, 1.82) is 0 Å². The van der Waals surface area contributed by atoms with Crippen molar-refractivity contribution in [2.75, 3.05) is 12.8 Å². The zero-order valence-corrected chi connectivity index (χ0v) is 12.2. The van der Waals surface area contributed by atoms with Crippen LogP contribution in [0.4, 0.5) is 0 Å². The maximum Gasteiger partial charge on any atom is 0.0544 e. The van der Waals surface area contributed by atoms with Crippen LogP contribution in [-0.4, -0.2) is 22.5 Å². The Labute approximate surface area is 110 Å². The molecule has 0 spiro atoms. The third kappa shape index (κ3) is 4.32. The van der Waals surface area contributed by atoms with E-state index in [0.717, 1.165) is 24.5 Å². The first kappa shape index (κ1) is 14.5. The van der Waals surface area contributed by atoms with E-state index in [1.807, 2.05) is 24.8 Å². The lowest BCUT2D eigenvalue weighted by Gasteiger charge is -2.29. The summed E-state index contributed by atoms with van der Waals surface area (Å²) in [4.78, 5) is 4.50. The molecule has 1 N–H and O–H groups in total. The lowest BCUT2D eigenvalue weighted by atomic mass is 10.0. The molecule has 0 saturated heterocycles. The Morgan fingerprint density at radius 1 is 1.29 bits per heavy atom. The molecule has 0 aliphatic rings. The van der Waals surface area contributed by atoms with Crippen LogP contribution in [0.5, 0.6) is 0 Å². The molecule has 1 aromatic rings. The van der Waals surface area contributed by atoms with Gasteiger partial charge in [0.2, 0.25) is 0 Å². The van der Waals surface area contributed by atoms with Crippen molar-refractivity contribution in [3.8, 4) is 0 Å². The van der Waals surface area contributed by atoms with Crippen LogP contribution in [0.2, 0.25) is 0 Å². The van der Waals surface area contributed by atoms with Gasteiger partial charge in [-0.05, 0) is 38.2 Å². The van der Waals surface area contributed by atoms with E-state index in [1.54, 1.807) is 0 Å². The van der Waals surface area contributed by atoms with E-state index in [-0.39, 0.29) is 0 Å². The predicted octanol–water partition coefficient (Wildman–Crippen LogP) is 3.40. The second kappa shape index (κ2) is 7.02. The van der Waals surface area contributed by atoms with Gasteiger partial charge < -0.3 is 5.32 Å². The van der Waals surface area contributed by atoms with Crippen molar-refractivity contribution in [3.05, 3.63) is 29.6 Å². The number of aryl methyl sites for hydroxylation is 1. The summed E-state index contributed by atoms with van der Waals surface area (Å²) in [5, 5.41) is 3.54.